The highest BCUT2D eigenvalue weighted by Crippen LogP contribution is 2.37. The van der Waals surface area contributed by atoms with Crippen LogP contribution in [0.25, 0.3) is 0 Å². The van der Waals surface area contributed by atoms with Crippen molar-refractivity contribution in [1.82, 2.24) is 4.90 Å². The molecule has 0 bridgehead atoms. The summed E-state index contributed by atoms with van der Waals surface area (Å²) in [6.07, 6.45) is 11.1. The maximum atomic E-state index is 10.5. The van der Waals surface area contributed by atoms with Crippen molar-refractivity contribution in [3.05, 3.63) is 0 Å². The smallest absolute Gasteiger partial charge is 0.0797 e. The maximum Gasteiger partial charge on any atom is 0.0797 e. The molecule has 1 saturated carbocycles. The highest BCUT2D eigenvalue weighted by atomic mass is 16.3. The quantitative estimate of drug-likeness (QED) is 0.778. The number of rotatable bonds is 6. The fraction of sp³-hybridized carbons (Fsp3) is 1.00. The summed E-state index contributed by atoms with van der Waals surface area (Å²) in [7, 11) is 0. The number of piperidine rings is 1. The molecule has 3 heteroatoms. The van der Waals surface area contributed by atoms with Gasteiger partial charge in [0, 0.05) is 12.6 Å². The predicted octanol–water partition coefficient (Wildman–Crippen LogP) is 2.52. The Kier molecular flexibility index (Phi) is 5.67. The molecule has 0 amide bonds. The molecule has 0 aromatic rings. The number of aliphatic hydroxyl groups is 1. The lowest BCUT2D eigenvalue weighted by atomic mass is 9.87. The van der Waals surface area contributed by atoms with Gasteiger partial charge in [-0.2, -0.15) is 0 Å². The third-order valence-corrected chi connectivity index (χ3v) is 5.41. The third kappa shape index (κ3) is 3.71. The van der Waals surface area contributed by atoms with Crippen LogP contribution in [0.2, 0.25) is 0 Å². The first-order valence-electron chi connectivity index (χ1n) is 8.36. The largest absolute Gasteiger partial charge is 0.388 e. The topological polar surface area (TPSA) is 49.5 Å². The molecule has 0 aromatic heterocycles. The van der Waals surface area contributed by atoms with Crippen molar-refractivity contribution in [2.75, 3.05) is 19.6 Å². The first kappa shape index (κ1) is 15.3. The van der Waals surface area contributed by atoms with E-state index in [9.17, 15) is 5.11 Å². The van der Waals surface area contributed by atoms with Crippen LogP contribution in [0.15, 0.2) is 0 Å². The van der Waals surface area contributed by atoms with Gasteiger partial charge in [0.2, 0.25) is 0 Å². The van der Waals surface area contributed by atoms with Crippen LogP contribution in [-0.2, 0) is 0 Å². The molecule has 1 heterocycles. The molecule has 2 rings (SSSR count). The Labute approximate surface area is 118 Å². The summed E-state index contributed by atoms with van der Waals surface area (Å²) < 4.78 is 0. The molecule has 3 unspecified atom stereocenters. The Hall–Kier alpha value is -0.120. The van der Waals surface area contributed by atoms with E-state index in [-0.39, 0.29) is 0 Å². The fourth-order valence-corrected chi connectivity index (χ4v) is 4.15. The van der Waals surface area contributed by atoms with Crippen LogP contribution in [-0.4, -0.2) is 41.3 Å². The Morgan fingerprint density at radius 3 is 2.79 bits per heavy atom. The molecule has 112 valence electrons. The Balaban J connectivity index is 1.83. The third-order valence-electron chi connectivity index (χ3n) is 5.41. The van der Waals surface area contributed by atoms with Gasteiger partial charge in [-0.15, -0.1) is 0 Å². The summed E-state index contributed by atoms with van der Waals surface area (Å²) in [5.41, 5.74) is 5.22. The summed E-state index contributed by atoms with van der Waals surface area (Å²) in [6, 6.07) is 0.797. The summed E-state index contributed by atoms with van der Waals surface area (Å²) in [5, 5.41) is 10.5. The second-order valence-corrected chi connectivity index (χ2v) is 6.66. The van der Waals surface area contributed by atoms with E-state index in [1.54, 1.807) is 0 Å². The fourth-order valence-electron chi connectivity index (χ4n) is 4.15. The molecular weight excluding hydrogens is 236 g/mol. The van der Waals surface area contributed by atoms with Crippen molar-refractivity contribution in [2.45, 2.75) is 76.4 Å². The van der Waals surface area contributed by atoms with Gasteiger partial charge in [-0.05, 0) is 57.5 Å². The lowest BCUT2D eigenvalue weighted by Crippen LogP contribution is -2.44. The molecule has 3 N–H and O–H groups in total. The van der Waals surface area contributed by atoms with Crippen molar-refractivity contribution in [3.8, 4) is 0 Å². The average molecular weight is 268 g/mol. The SMILES string of the molecule is CCCC1CCCCN1CCC1CCCC1(O)CN. The van der Waals surface area contributed by atoms with E-state index < -0.39 is 5.60 Å². The van der Waals surface area contributed by atoms with E-state index in [2.05, 4.69) is 11.8 Å². The van der Waals surface area contributed by atoms with Crippen molar-refractivity contribution in [3.63, 3.8) is 0 Å². The molecule has 19 heavy (non-hydrogen) atoms. The summed E-state index contributed by atoms with van der Waals surface area (Å²) >= 11 is 0. The van der Waals surface area contributed by atoms with E-state index >= 15 is 0 Å². The van der Waals surface area contributed by atoms with Gasteiger partial charge in [0.25, 0.3) is 0 Å². The van der Waals surface area contributed by atoms with Crippen molar-refractivity contribution < 1.29 is 5.11 Å². The van der Waals surface area contributed by atoms with Crippen molar-refractivity contribution >= 4 is 0 Å². The molecule has 0 spiro atoms. The second kappa shape index (κ2) is 7.05. The number of hydrogen-bond acceptors (Lipinski definition) is 3. The van der Waals surface area contributed by atoms with E-state index in [1.807, 2.05) is 0 Å². The second-order valence-electron chi connectivity index (χ2n) is 6.66. The number of nitrogens with two attached hydrogens (primary N) is 1. The summed E-state index contributed by atoms with van der Waals surface area (Å²) in [5.74, 6) is 0.432. The molecule has 1 aliphatic carbocycles. The van der Waals surface area contributed by atoms with Crippen LogP contribution in [0.4, 0.5) is 0 Å². The van der Waals surface area contributed by atoms with Crippen LogP contribution < -0.4 is 5.73 Å². The van der Waals surface area contributed by atoms with Gasteiger partial charge < -0.3 is 15.7 Å². The van der Waals surface area contributed by atoms with E-state index in [4.69, 9.17) is 5.73 Å². The molecule has 2 aliphatic rings. The zero-order valence-corrected chi connectivity index (χ0v) is 12.6. The average Bonchev–Trinajstić information content (AvgIpc) is 2.80. The van der Waals surface area contributed by atoms with Gasteiger partial charge in [0.15, 0.2) is 0 Å². The van der Waals surface area contributed by atoms with Crippen LogP contribution in [0.3, 0.4) is 0 Å². The van der Waals surface area contributed by atoms with Crippen LogP contribution in [0.1, 0.15) is 64.7 Å². The molecule has 2 fully saturated rings. The van der Waals surface area contributed by atoms with E-state index in [0.29, 0.717) is 12.5 Å². The minimum Gasteiger partial charge on any atom is -0.388 e. The normalized spacial score (nSPS) is 36.8. The van der Waals surface area contributed by atoms with E-state index in [0.717, 1.165) is 31.8 Å². The molecule has 1 aliphatic heterocycles. The molecule has 0 radical (unpaired) electrons. The van der Waals surface area contributed by atoms with Gasteiger partial charge in [0.05, 0.1) is 5.60 Å². The highest BCUT2D eigenvalue weighted by molar-refractivity contribution is 4.93. The first-order chi connectivity index (χ1) is 9.19. The van der Waals surface area contributed by atoms with Crippen LogP contribution in [0.5, 0.6) is 0 Å². The number of likely N-dealkylation sites (tertiary alicyclic amines) is 1. The summed E-state index contributed by atoms with van der Waals surface area (Å²) in [4.78, 5) is 2.68. The van der Waals surface area contributed by atoms with Crippen LogP contribution in [0, 0.1) is 5.92 Å². The first-order valence-corrected chi connectivity index (χ1v) is 8.36. The molecular formula is C16H32N2O. The zero-order valence-electron chi connectivity index (χ0n) is 12.6. The minimum atomic E-state index is -0.559. The minimum absolute atomic E-state index is 0.432. The summed E-state index contributed by atoms with van der Waals surface area (Å²) in [6.45, 7) is 5.16. The zero-order chi connectivity index (χ0) is 13.7. The number of nitrogens with zero attached hydrogens (tertiary/aromatic N) is 1. The molecule has 3 atom stereocenters. The van der Waals surface area contributed by atoms with Crippen LogP contribution >= 0.6 is 0 Å². The maximum absolute atomic E-state index is 10.5. The Bertz CT molecular complexity index is 269. The van der Waals surface area contributed by atoms with Gasteiger partial charge in [-0.3, -0.25) is 0 Å². The predicted molar refractivity (Wildman–Crippen MR) is 80.1 cm³/mol. The molecule has 0 aromatic carbocycles. The van der Waals surface area contributed by atoms with Gasteiger partial charge in [0.1, 0.15) is 0 Å². The van der Waals surface area contributed by atoms with Gasteiger partial charge in [-0.1, -0.05) is 26.2 Å². The van der Waals surface area contributed by atoms with E-state index in [1.165, 1.54) is 45.1 Å². The van der Waals surface area contributed by atoms with Crippen molar-refractivity contribution in [1.29, 1.82) is 0 Å². The van der Waals surface area contributed by atoms with Crippen molar-refractivity contribution in [2.24, 2.45) is 11.7 Å². The lowest BCUT2D eigenvalue weighted by Gasteiger charge is -2.37. The monoisotopic (exact) mass is 268 g/mol. The standard InChI is InChI=1S/C16H32N2O/c1-2-6-15-8-3-4-11-18(15)12-9-14-7-5-10-16(14,19)13-17/h14-15,19H,2-13,17H2,1H3. The molecule has 3 nitrogen and oxygen atoms in total. The Morgan fingerprint density at radius 2 is 2.05 bits per heavy atom. The highest BCUT2D eigenvalue weighted by Gasteiger charge is 2.39. The Morgan fingerprint density at radius 1 is 1.21 bits per heavy atom. The van der Waals surface area contributed by atoms with Gasteiger partial charge in [-0.25, -0.2) is 0 Å². The molecule has 1 saturated heterocycles. The van der Waals surface area contributed by atoms with Gasteiger partial charge >= 0.3 is 0 Å². The number of hydrogen-bond donors (Lipinski definition) is 2. The lowest BCUT2D eigenvalue weighted by molar-refractivity contribution is 0.00117.